The normalized spacial score (nSPS) is 24.4. The molecule has 3 N–H and O–H groups in total. The number of amides is 1. The molecule has 1 heterocycles. The van der Waals surface area contributed by atoms with Crippen molar-refractivity contribution in [2.45, 2.75) is 32.2 Å². The summed E-state index contributed by atoms with van der Waals surface area (Å²) in [5, 5.41) is 2.83. The molecule has 2 unspecified atom stereocenters. The lowest BCUT2D eigenvalue weighted by molar-refractivity contribution is -0.120. The van der Waals surface area contributed by atoms with Crippen molar-refractivity contribution in [3.63, 3.8) is 0 Å². The van der Waals surface area contributed by atoms with Crippen molar-refractivity contribution in [2.75, 3.05) is 5.32 Å². The maximum Gasteiger partial charge on any atom is 0.230 e. The number of pyridine rings is 1. The van der Waals surface area contributed by atoms with Gasteiger partial charge in [-0.3, -0.25) is 4.79 Å². The number of nitrogens with one attached hydrogen (secondary N) is 1. The number of hydrogen-bond acceptors (Lipinski definition) is 3. The highest BCUT2D eigenvalue weighted by molar-refractivity contribution is 5.92. The van der Waals surface area contributed by atoms with Crippen LogP contribution >= 0.6 is 0 Å². The Kier molecular flexibility index (Phi) is 3.19. The van der Waals surface area contributed by atoms with E-state index in [9.17, 15) is 4.79 Å². The van der Waals surface area contributed by atoms with Gasteiger partial charge in [-0.25, -0.2) is 4.98 Å². The monoisotopic (exact) mass is 219 g/mol. The minimum atomic E-state index is -0.0534. The quantitative estimate of drug-likeness (QED) is 0.791. The molecule has 0 aromatic carbocycles. The van der Waals surface area contributed by atoms with E-state index >= 15 is 0 Å². The van der Waals surface area contributed by atoms with Crippen LogP contribution in [-0.4, -0.2) is 16.9 Å². The van der Waals surface area contributed by atoms with Crippen molar-refractivity contribution < 1.29 is 4.79 Å². The van der Waals surface area contributed by atoms with Crippen LogP contribution in [0.25, 0.3) is 0 Å². The van der Waals surface area contributed by atoms with E-state index in [-0.39, 0.29) is 17.9 Å². The van der Waals surface area contributed by atoms with Crippen LogP contribution in [0.1, 0.15) is 25.0 Å². The summed E-state index contributed by atoms with van der Waals surface area (Å²) in [5.74, 6) is 0.564. The van der Waals surface area contributed by atoms with Gasteiger partial charge in [0, 0.05) is 11.7 Å². The Morgan fingerprint density at radius 1 is 1.50 bits per heavy atom. The molecule has 0 aliphatic heterocycles. The average Bonchev–Trinajstić information content (AvgIpc) is 2.64. The minimum Gasteiger partial charge on any atom is -0.327 e. The summed E-state index contributed by atoms with van der Waals surface area (Å²) in [7, 11) is 0. The predicted octanol–water partition coefficient (Wildman–Crippen LogP) is 1.46. The Labute approximate surface area is 95.3 Å². The standard InChI is InChI=1S/C12H17N3O/c1-8-4-2-7-11(14-8)15-12(16)9-5-3-6-10(9)13/h2,4,7,9-10H,3,5-6,13H2,1H3,(H,14,15,16). The van der Waals surface area contributed by atoms with Crippen molar-refractivity contribution in [3.05, 3.63) is 23.9 Å². The number of rotatable bonds is 2. The van der Waals surface area contributed by atoms with E-state index < -0.39 is 0 Å². The van der Waals surface area contributed by atoms with Crippen LogP contribution in [0.3, 0.4) is 0 Å². The fraction of sp³-hybridized carbons (Fsp3) is 0.500. The van der Waals surface area contributed by atoms with Crippen LogP contribution in [0.15, 0.2) is 18.2 Å². The molecule has 1 fully saturated rings. The summed E-state index contributed by atoms with van der Waals surface area (Å²) >= 11 is 0. The van der Waals surface area contributed by atoms with E-state index in [2.05, 4.69) is 10.3 Å². The number of aryl methyl sites for hydroxylation is 1. The van der Waals surface area contributed by atoms with Gasteiger partial charge in [0.1, 0.15) is 5.82 Å². The Hall–Kier alpha value is -1.42. The minimum absolute atomic E-state index is 0.00287. The third-order valence-corrected chi connectivity index (χ3v) is 3.05. The summed E-state index contributed by atoms with van der Waals surface area (Å²) in [4.78, 5) is 16.1. The van der Waals surface area contributed by atoms with E-state index in [1.165, 1.54) is 0 Å². The van der Waals surface area contributed by atoms with Gasteiger partial charge in [0.25, 0.3) is 0 Å². The highest BCUT2D eigenvalue weighted by atomic mass is 16.2. The first kappa shape index (κ1) is 11.1. The maximum atomic E-state index is 11.9. The molecule has 86 valence electrons. The van der Waals surface area contributed by atoms with E-state index in [0.29, 0.717) is 5.82 Å². The Bertz CT molecular complexity index is 392. The van der Waals surface area contributed by atoms with Crippen molar-refractivity contribution in [1.29, 1.82) is 0 Å². The number of aromatic nitrogens is 1. The highest BCUT2D eigenvalue weighted by Gasteiger charge is 2.30. The molecule has 4 heteroatoms. The lowest BCUT2D eigenvalue weighted by Gasteiger charge is -2.14. The zero-order valence-electron chi connectivity index (χ0n) is 9.44. The molecule has 0 radical (unpaired) electrons. The molecule has 0 bridgehead atoms. The lowest BCUT2D eigenvalue weighted by atomic mass is 10.0. The third-order valence-electron chi connectivity index (χ3n) is 3.05. The molecule has 2 rings (SSSR count). The van der Waals surface area contributed by atoms with E-state index in [4.69, 9.17) is 5.73 Å². The number of hydrogen-bond donors (Lipinski definition) is 2. The smallest absolute Gasteiger partial charge is 0.230 e. The number of carbonyl (C=O) groups excluding carboxylic acids is 1. The highest BCUT2D eigenvalue weighted by Crippen LogP contribution is 2.25. The van der Waals surface area contributed by atoms with Gasteiger partial charge in [-0.15, -0.1) is 0 Å². The average molecular weight is 219 g/mol. The third kappa shape index (κ3) is 2.39. The Balaban J connectivity index is 2.02. The van der Waals surface area contributed by atoms with E-state index in [1.54, 1.807) is 6.07 Å². The molecule has 16 heavy (non-hydrogen) atoms. The van der Waals surface area contributed by atoms with Gasteiger partial charge in [0.05, 0.1) is 5.92 Å². The van der Waals surface area contributed by atoms with Crippen molar-refractivity contribution in [1.82, 2.24) is 4.98 Å². The first-order chi connectivity index (χ1) is 7.66. The van der Waals surface area contributed by atoms with Crippen LogP contribution in [-0.2, 0) is 4.79 Å². The SMILES string of the molecule is Cc1cccc(NC(=O)C2CCCC2N)n1. The number of nitrogens with zero attached hydrogens (tertiary/aromatic N) is 1. The van der Waals surface area contributed by atoms with E-state index in [1.807, 2.05) is 19.1 Å². The van der Waals surface area contributed by atoms with Crippen LogP contribution in [0.2, 0.25) is 0 Å². The second-order valence-corrected chi connectivity index (χ2v) is 4.35. The van der Waals surface area contributed by atoms with Gasteiger partial charge < -0.3 is 11.1 Å². The molecule has 0 spiro atoms. The molecule has 1 amide bonds. The van der Waals surface area contributed by atoms with Crippen LogP contribution in [0.4, 0.5) is 5.82 Å². The second-order valence-electron chi connectivity index (χ2n) is 4.35. The fourth-order valence-electron chi connectivity index (χ4n) is 2.15. The first-order valence-corrected chi connectivity index (χ1v) is 5.67. The first-order valence-electron chi connectivity index (χ1n) is 5.67. The van der Waals surface area contributed by atoms with E-state index in [0.717, 1.165) is 25.0 Å². The molecule has 1 aromatic rings. The molecule has 2 atom stereocenters. The Morgan fingerprint density at radius 3 is 2.94 bits per heavy atom. The summed E-state index contributed by atoms with van der Waals surface area (Å²) in [6, 6.07) is 5.58. The lowest BCUT2D eigenvalue weighted by Crippen LogP contribution is -2.34. The summed E-state index contributed by atoms with van der Waals surface area (Å²) in [5.41, 5.74) is 6.78. The number of anilines is 1. The van der Waals surface area contributed by atoms with Crippen molar-refractivity contribution in [3.8, 4) is 0 Å². The predicted molar refractivity (Wildman–Crippen MR) is 62.9 cm³/mol. The topological polar surface area (TPSA) is 68.0 Å². The van der Waals surface area contributed by atoms with Crippen LogP contribution < -0.4 is 11.1 Å². The molecule has 1 aliphatic rings. The van der Waals surface area contributed by atoms with Crippen molar-refractivity contribution in [2.24, 2.45) is 11.7 Å². The second kappa shape index (κ2) is 4.61. The molecule has 4 nitrogen and oxygen atoms in total. The molecule has 1 aromatic heterocycles. The zero-order valence-corrected chi connectivity index (χ0v) is 9.44. The fourth-order valence-corrected chi connectivity index (χ4v) is 2.15. The summed E-state index contributed by atoms with van der Waals surface area (Å²) in [6.07, 6.45) is 2.87. The van der Waals surface area contributed by atoms with Crippen LogP contribution in [0, 0.1) is 12.8 Å². The summed E-state index contributed by atoms with van der Waals surface area (Å²) in [6.45, 7) is 1.90. The van der Waals surface area contributed by atoms with Gasteiger partial charge in [-0.2, -0.15) is 0 Å². The van der Waals surface area contributed by atoms with Crippen molar-refractivity contribution >= 4 is 11.7 Å². The van der Waals surface area contributed by atoms with Gasteiger partial charge >= 0.3 is 0 Å². The van der Waals surface area contributed by atoms with Gasteiger partial charge in [-0.05, 0) is 31.9 Å². The Morgan fingerprint density at radius 2 is 2.31 bits per heavy atom. The number of nitrogens with two attached hydrogens (primary N) is 1. The molecule has 0 saturated heterocycles. The van der Waals surface area contributed by atoms with Gasteiger partial charge in [-0.1, -0.05) is 12.5 Å². The summed E-state index contributed by atoms with van der Waals surface area (Å²) < 4.78 is 0. The molecular weight excluding hydrogens is 202 g/mol. The molecule has 1 saturated carbocycles. The van der Waals surface area contributed by atoms with Gasteiger partial charge in [0.15, 0.2) is 0 Å². The van der Waals surface area contributed by atoms with Crippen LogP contribution in [0.5, 0.6) is 0 Å². The van der Waals surface area contributed by atoms with Gasteiger partial charge in [0.2, 0.25) is 5.91 Å². The maximum absolute atomic E-state index is 11.9. The molecular formula is C12H17N3O. The largest absolute Gasteiger partial charge is 0.327 e. The number of carbonyl (C=O) groups is 1. The molecule has 1 aliphatic carbocycles. The zero-order chi connectivity index (χ0) is 11.5.